The van der Waals surface area contributed by atoms with Crippen LogP contribution >= 0.6 is 15.9 Å². The molecule has 2 rings (SSSR count). The summed E-state index contributed by atoms with van der Waals surface area (Å²) in [7, 11) is -7.13. The highest BCUT2D eigenvalue weighted by Crippen LogP contribution is 2.24. The van der Waals surface area contributed by atoms with E-state index in [0.29, 0.717) is 10.2 Å². The van der Waals surface area contributed by atoms with Crippen LogP contribution in [-0.4, -0.2) is 23.1 Å². The third-order valence-corrected chi connectivity index (χ3v) is 5.88. The monoisotopic (exact) mass is 389 g/mol. The molecule has 0 bridgehead atoms. The van der Waals surface area contributed by atoms with E-state index in [0.717, 1.165) is 6.26 Å². The molecule has 0 atom stereocenters. The van der Waals surface area contributed by atoms with Crippen LogP contribution in [0.2, 0.25) is 0 Å². The molecule has 0 fully saturated rings. The summed E-state index contributed by atoms with van der Waals surface area (Å²) in [5.74, 6) is 0. The van der Waals surface area contributed by atoms with Crippen LogP contribution in [0.25, 0.3) is 0 Å². The van der Waals surface area contributed by atoms with Crippen molar-refractivity contribution in [2.75, 3.05) is 11.0 Å². The maximum absolute atomic E-state index is 12.2. The van der Waals surface area contributed by atoms with E-state index in [-0.39, 0.29) is 9.79 Å². The Bertz CT molecular complexity index is 859. The third-order valence-electron chi connectivity index (χ3n) is 2.68. The van der Waals surface area contributed by atoms with Gasteiger partial charge in [-0.1, -0.05) is 12.1 Å². The molecular weight excluding hydrogens is 378 g/mol. The van der Waals surface area contributed by atoms with E-state index in [9.17, 15) is 16.8 Å². The van der Waals surface area contributed by atoms with Crippen LogP contribution in [0.4, 0.5) is 5.69 Å². The third kappa shape index (κ3) is 3.84. The number of halogens is 1. The van der Waals surface area contributed by atoms with Gasteiger partial charge in [0.05, 0.1) is 15.5 Å². The highest BCUT2D eigenvalue weighted by molar-refractivity contribution is 9.10. The minimum absolute atomic E-state index is 0.00865. The molecule has 2 aromatic rings. The number of sulfone groups is 1. The summed E-state index contributed by atoms with van der Waals surface area (Å²) in [5.41, 5.74) is 0.407. The first-order valence-corrected chi connectivity index (χ1v) is 9.94. The van der Waals surface area contributed by atoms with Gasteiger partial charge >= 0.3 is 0 Å². The number of rotatable bonds is 4. The highest BCUT2D eigenvalue weighted by Gasteiger charge is 2.16. The number of nitrogens with one attached hydrogen (secondary N) is 1. The quantitative estimate of drug-likeness (QED) is 0.871. The van der Waals surface area contributed by atoms with Gasteiger partial charge in [0.15, 0.2) is 9.84 Å². The number of hydrogen-bond donors (Lipinski definition) is 1. The largest absolute Gasteiger partial charge is 0.278 e. The van der Waals surface area contributed by atoms with Gasteiger partial charge in [0, 0.05) is 10.7 Å². The summed E-state index contributed by atoms with van der Waals surface area (Å²) in [6.45, 7) is 0. The van der Waals surface area contributed by atoms with E-state index >= 15 is 0 Å². The Balaban J connectivity index is 2.35. The van der Waals surface area contributed by atoms with E-state index in [1.165, 1.54) is 24.3 Å². The summed E-state index contributed by atoms with van der Waals surface area (Å²) in [6.07, 6.45) is 1.07. The van der Waals surface area contributed by atoms with Crippen molar-refractivity contribution in [2.24, 2.45) is 0 Å². The van der Waals surface area contributed by atoms with Gasteiger partial charge in [-0.3, -0.25) is 4.72 Å². The normalized spacial score (nSPS) is 12.1. The van der Waals surface area contributed by atoms with Gasteiger partial charge in [-0.25, -0.2) is 16.8 Å². The van der Waals surface area contributed by atoms with Crippen LogP contribution < -0.4 is 4.72 Å². The van der Waals surface area contributed by atoms with E-state index in [2.05, 4.69) is 20.7 Å². The molecule has 21 heavy (non-hydrogen) atoms. The fraction of sp³-hybridized carbons (Fsp3) is 0.0769. The molecule has 2 aromatic carbocycles. The van der Waals surface area contributed by atoms with Crippen LogP contribution in [0.3, 0.4) is 0 Å². The minimum atomic E-state index is -3.77. The molecule has 112 valence electrons. The molecule has 1 N–H and O–H groups in total. The molecule has 0 aliphatic carbocycles. The number of sulfonamides is 1. The molecule has 0 saturated heterocycles. The highest BCUT2D eigenvalue weighted by atomic mass is 79.9. The Kier molecular flexibility index (Phi) is 4.40. The van der Waals surface area contributed by atoms with Crippen LogP contribution in [0.5, 0.6) is 0 Å². The second-order valence-corrected chi connectivity index (χ2v) is 8.88. The Labute approximate surface area is 132 Å². The standard InChI is InChI=1S/C13H12BrNO4S2/c1-20(16,17)10-6-8-11(9-7-10)21(18,19)15-13-5-3-2-4-12(13)14/h2-9,15H,1H3. The fourth-order valence-electron chi connectivity index (χ4n) is 1.61. The van der Waals surface area contributed by atoms with E-state index < -0.39 is 19.9 Å². The number of anilines is 1. The van der Waals surface area contributed by atoms with Gasteiger partial charge in [0.25, 0.3) is 10.0 Å². The lowest BCUT2D eigenvalue weighted by Crippen LogP contribution is -2.13. The Morgan fingerprint density at radius 1 is 0.857 bits per heavy atom. The lowest BCUT2D eigenvalue weighted by molar-refractivity contribution is 0.597. The molecule has 0 aromatic heterocycles. The molecule has 0 aliphatic heterocycles. The lowest BCUT2D eigenvalue weighted by atomic mass is 10.3. The molecule has 0 radical (unpaired) electrons. The fourth-order valence-corrected chi connectivity index (χ4v) is 3.84. The van der Waals surface area contributed by atoms with Crippen LogP contribution in [0, 0.1) is 0 Å². The predicted molar refractivity (Wildman–Crippen MR) is 84.5 cm³/mol. The van der Waals surface area contributed by atoms with Gasteiger partial charge in [0.1, 0.15) is 0 Å². The lowest BCUT2D eigenvalue weighted by Gasteiger charge is -2.10. The predicted octanol–water partition coefficient (Wildman–Crippen LogP) is 2.65. The smallest absolute Gasteiger partial charge is 0.261 e. The zero-order chi connectivity index (χ0) is 15.7. The van der Waals surface area contributed by atoms with E-state index in [4.69, 9.17) is 0 Å². The second-order valence-electron chi connectivity index (χ2n) is 4.33. The maximum Gasteiger partial charge on any atom is 0.261 e. The first kappa shape index (κ1) is 16.0. The molecule has 8 heteroatoms. The average molecular weight is 390 g/mol. The summed E-state index contributed by atoms with van der Waals surface area (Å²) in [5, 5.41) is 0. The van der Waals surface area contributed by atoms with Crippen molar-refractivity contribution in [3.8, 4) is 0 Å². The first-order valence-electron chi connectivity index (χ1n) is 5.77. The average Bonchev–Trinajstić information content (AvgIpc) is 2.40. The Hall–Kier alpha value is -1.38. The van der Waals surface area contributed by atoms with Crippen molar-refractivity contribution in [3.63, 3.8) is 0 Å². The van der Waals surface area contributed by atoms with Gasteiger partial charge in [-0.05, 0) is 52.3 Å². The molecule has 0 heterocycles. The summed E-state index contributed by atoms with van der Waals surface area (Å²) in [4.78, 5) is 0.0630. The zero-order valence-corrected chi connectivity index (χ0v) is 14.2. The van der Waals surface area contributed by atoms with Crippen LogP contribution in [0.15, 0.2) is 62.8 Å². The van der Waals surface area contributed by atoms with Crippen molar-refractivity contribution in [3.05, 3.63) is 53.0 Å². The van der Waals surface area contributed by atoms with E-state index in [1.54, 1.807) is 24.3 Å². The topological polar surface area (TPSA) is 80.3 Å². The molecule has 5 nitrogen and oxygen atoms in total. The molecule has 0 amide bonds. The molecule has 0 unspecified atom stereocenters. The van der Waals surface area contributed by atoms with Crippen molar-refractivity contribution >= 4 is 41.5 Å². The molecular formula is C13H12BrNO4S2. The van der Waals surface area contributed by atoms with Crippen LogP contribution in [0.1, 0.15) is 0 Å². The molecule has 0 aliphatic rings. The first-order chi connectivity index (χ1) is 9.70. The molecule has 0 spiro atoms. The number of para-hydroxylation sites is 1. The molecule has 0 saturated carbocycles. The van der Waals surface area contributed by atoms with Crippen LogP contribution in [-0.2, 0) is 19.9 Å². The van der Waals surface area contributed by atoms with Gasteiger partial charge < -0.3 is 0 Å². The Morgan fingerprint density at radius 3 is 1.90 bits per heavy atom. The minimum Gasteiger partial charge on any atom is -0.278 e. The second kappa shape index (κ2) is 5.78. The summed E-state index contributed by atoms with van der Waals surface area (Å²) in [6, 6.07) is 11.9. The van der Waals surface area contributed by atoms with E-state index in [1.807, 2.05) is 0 Å². The SMILES string of the molecule is CS(=O)(=O)c1ccc(S(=O)(=O)Nc2ccccc2Br)cc1. The summed E-state index contributed by atoms with van der Waals surface area (Å²) < 4.78 is 50.2. The van der Waals surface area contributed by atoms with Gasteiger partial charge in [-0.2, -0.15) is 0 Å². The zero-order valence-electron chi connectivity index (χ0n) is 10.9. The Morgan fingerprint density at radius 2 is 1.38 bits per heavy atom. The number of benzene rings is 2. The van der Waals surface area contributed by atoms with Crippen molar-refractivity contribution in [2.45, 2.75) is 9.79 Å². The van der Waals surface area contributed by atoms with Crippen molar-refractivity contribution in [1.29, 1.82) is 0 Å². The summed E-state index contributed by atoms with van der Waals surface area (Å²) >= 11 is 3.25. The maximum atomic E-state index is 12.2. The van der Waals surface area contributed by atoms with Gasteiger partial charge in [0.2, 0.25) is 0 Å². The van der Waals surface area contributed by atoms with Crippen molar-refractivity contribution in [1.82, 2.24) is 0 Å². The van der Waals surface area contributed by atoms with Crippen molar-refractivity contribution < 1.29 is 16.8 Å². The van der Waals surface area contributed by atoms with Gasteiger partial charge in [-0.15, -0.1) is 0 Å². The number of hydrogen-bond acceptors (Lipinski definition) is 4.